The van der Waals surface area contributed by atoms with Crippen molar-refractivity contribution in [3.63, 3.8) is 0 Å². The molecule has 7 heteroatoms. The van der Waals surface area contributed by atoms with Gasteiger partial charge in [0.05, 0.1) is 22.0 Å². The zero-order valence-electron chi connectivity index (χ0n) is 12.0. The Morgan fingerprint density at radius 2 is 2.00 bits per heavy atom. The summed E-state index contributed by atoms with van der Waals surface area (Å²) in [6, 6.07) is 0. The molecule has 1 N–H and O–H groups in total. The van der Waals surface area contributed by atoms with Gasteiger partial charge in [-0.1, -0.05) is 18.4 Å². The number of aliphatic hydroxyl groups is 1. The van der Waals surface area contributed by atoms with Gasteiger partial charge in [-0.25, -0.2) is 13.2 Å². The molecule has 0 saturated heterocycles. The molecule has 0 aromatic rings. The fourth-order valence-electron chi connectivity index (χ4n) is 1.58. The van der Waals surface area contributed by atoms with Crippen molar-refractivity contribution in [2.24, 2.45) is 0 Å². The van der Waals surface area contributed by atoms with E-state index in [2.05, 4.69) is 4.74 Å². The molecule has 0 amide bonds. The van der Waals surface area contributed by atoms with Crippen LogP contribution in [0.5, 0.6) is 0 Å². The Hall–Kier alpha value is -0.920. The zero-order chi connectivity index (χ0) is 15.6. The van der Waals surface area contributed by atoms with Crippen molar-refractivity contribution in [3.8, 4) is 0 Å². The van der Waals surface area contributed by atoms with E-state index >= 15 is 0 Å². The second kappa shape index (κ2) is 9.90. The van der Waals surface area contributed by atoms with Gasteiger partial charge >= 0.3 is 5.97 Å². The van der Waals surface area contributed by atoms with E-state index in [-0.39, 0.29) is 6.10 Å². The summed E-state index contributed by atoms with van der Waals surface area (Å²) in [7, 11) is -4.34. The number of esters is 1. The van der Waals surface area contributed by atoms with Crippen molar-refractivity contribution < 1.29 is 27.6 Å². The predicted molar refractivity (Wildman–Crippen MR) is 74.0 cm³/mol. The largest absolute Gasteiger partial charge is 0.748 e. The molecule has 0 unspecified atom stereocenters. The van der Waals surface area contributed by atoms with Gasteiger partial charge in [0, 0.05) is 6.08 Å². The molecule has 0 aliphatic carbocycles. The van der Waals surface area contributed by atoms with Gasteiger partial charge < -0.3 is 14.4 Å². The Morgan fingerprint density at radius 1 is 1.35 bits per heavy atom. The minimum Gasteiger partial charge on any atom is -0.748 e. The first-order valence-electron chi connectivity index (χ1n) is 6.66. The van der Waals surface area contributed by atoms with E-state index in [1.807, 2.05) is 0 Å². The molecule has 1 atom stereocenters. The molecule has 0 aromatic heterocycles. The van der Waals surface area contributed by atoms with E-state index in [4.69, 9.17) is 5.11 Å². The normalized spacial score (nSPS) is 14.1. The van der Waals surface area contributed by atoms with Crippen molar-refractivity contribution in [3.05, 3.63) is 11.6 Å². The topological polar surface area (TPSA) is 104 Å². The third kappa shape index (κ3) is 13.5. The van der Waals surface area contributed by atoms with Gasteiger partial charge in [0.15, 0.2) is 0 Å². The smallest absolute Gasteiger partial charge is 0.330 e. The summed E-state index contributed by atoms with van der Waals surface area (Å²) in [5.74, 6) is -1.33. The first-order chi connectivity index (χ1) is 9.20. The SMILES string of the molecule is C/C(=C\C(=O)OCCS(=O)(=O)[O-])CCCCC[C@H](C)O. The fourth-order valence-corrected chi connectivity index (χ4v) is 1.87. The molecule has 0 bridgehead atoms. The first kappa shape index (κ1) is 19.1. The molecule has 0 saturated carbocycles. The predicted octanol–water partition coefficient (Wildman–Crippen LogP) is 1.35. The maximum Gasteiger partial charge on any atom is 0.330 e. The molecular formula is C13H23O6S-. The number of rotatable bonds is 10. The quantitative estimate of drug-likeness (QED) is 0.283. The summed E-state index contributed by atoms with van der Waals surface area (Å²) < 4.78 is 35.5. The van der Waals surface area contributed by atoms with E-state index in [1.54, 1.807) is 13.8 Å². The summed E-state index contributed by atoms with van der Waals surface area (Å²) in [6.45, 7) is 3.13. The lowest BCUT2D eigenvalue weighted by molar-refractivity contribution is -0.137. The molecule has 0 aromatic carbocycles. The van der Waals surface area contributed by atoms with Crippen LogP contribution in [0.3, 0.4) is 0 Å². The van der Waals surface area contributed by atoms with Gasteiger partial charge in [0.2, 0.25) is 0 Å². The van der Waals surface area contributed by atoms with Crippen LogP contribution in [0.25, 0.3) is 0 Å². The molecule has 0 fully saturated rings. The highest BCUT2D eigenvalue weighted by atomic mass is 32.2. The van der Waals surface area contributed by atoms with Crippen molar-refractivity contribution in [2.45, 2.75) is 52.1 Å². The summed E-state index contributed by atoms with van der Waals surface area (Å²) in [6.07, 6.45) is 5.38. The number of carbonyl (C=O) groups is 1. The van der Waals surface area contributed by atoms with Gasteiger partial charge in [-0.05, 0) is 33.1 Å². The Labute approximate surface area is 120 Å². The van der Waals surface area contributed by atoms with Gasteiger partial charge in [-0.2, -0.15) is 0 Å². The molecule has 0 rings (SSSR count). The van der Waals surface area contributed by atoms with E-state index < -0.39 is 28.4 Å². The van der Waals surface area contributed by atoms with Crippen molar-refractivity contribution >= 4 is 16.1 Å². The monoisotopic (exact) mass is 307 g/mol. The Bertz CT molecular complexity index is 411. The number of allylic oxidation sites excluding steroid dienone is 1. The number of aliphatic hydroxyl groups excluding tert-OH is 1. The van der Waals surface area contributed by atoms with Crippen LogP contribution < -0.4 is 0 Å². The molecule has 6 nitrogen and oxygen atoms in total. The average molecular weight is 307 g/mol. The Balaban J connectivity index is 3.79. The van der Waals surface area contributed by atoms with Crippen molar-refractivity contribution in [2.75, 3.05) is 12.4 Å². The first-order valence-corrected chi connectivity index (χ1v) is 8.24. The summed E-state index contributed by atoms with van der Waals surface area (Å²) in [4.78, 5) is 11.3. The average Bonchev–Trinajstić information content (AvgIpc) is 2.26. The van der Waals surface area contributed by atoms with E-state index in [9.17, 15) is 17.8 Å². The fraction of sp³-hybridized carbons (Fsp3) is 0.769. The van der Waals surface area contributed by atoms with E-state index in [0.717, 1.165) is 37.7 Å². The van der Waals surface area contributed by atoms with Gasteiger partial charge in [-0.3, -0.25) is 0 Å². The summed E-state index contributed by atoms with van der Waals surface area (Å²) in [5, 5.41) is 9.08. The number of hydrogen-bond acceptors (Lipinski definition) is 6. The Kier molecular flexibility index (Phi) is 9.45. The number of unbranched alkanes of at least 4 members (excludes halogenated alkanes) is 2. The molecule has 118 valence electrons. The van der Waals surface area contributed by atoms with E-state index in [1.165, 1.54) is 6.08 Å². The second-order valence-electron chi connectivity index (χ2n) is 4.87. The molecule has 0 heterocycles. The van der Waals surface area contributed by atoms with Crippen molar-refractivity contribution in [1.29, 1.82) is 0 Å². The maximum absolute atomic E-state index is 11.3. The van der Waals surface area contributed by atoms with Crippen LogP contribution in [0.1, 0.15) is 46.0 Å². The zero-order valence-corrected chi connectivity index (χ0v) is 12.8. The number of ether oxygens (including phenoxy) is 1. The third-order valence-corrected chi connectivity index (χ3v) is 3.30. The molecule has 0 radical (unpaired) electrons. The van der Waals surface area contributed by atoms with Crippen LogP contribution in [-0.4, -0.2) is 42.5 Å². The molecule has 0 spiro atoms. The third-order valence-electron chi connectivity index (χ3n) is 2.63. The standard InChI is InChI=1S/C13H24O6S/c1-11(6-4-3-5-7-12(2)14)10-13(15)19-8-9-20(16,17)18/h10,12,14H,3-9H2,1-2H3,(H,16,17,18)/p-1/b11-10+/t12-/m0/s1. The van der Waals surface area contributed by atoms with Crippen LogP contribution >= 0.6 is 0 Å². The van der Waals surface area contributed by atoms with Crippen LogP contribution in [0.4, 0.5) is 0 Å². The lowest BCUT2D eigenvalue weighted by atomic mass is 10.1. The molecule has 0 aliphatic heterocycles. The minimum atomic E-state index is -4.34. The highest BCUT2D eigenvalue weighted by Crippen LogP contribution is 2.10. The lowest BCUT2D eigenvalue weighted by Gasteiger charge is -2.07. The van der Waals surface area contributed by atoms with Crippen LogP contribution in [-0.2, 0) is 19.6 Å². The van der Waals surface area contributed by atoms with Crippen LogP contribution in [0, 0.1) is 0 Å². The maximum atomic E-state index is 11.3. The number of carbonyl (C=O) groups excluding carboxylic acids is 1. The highest BCUT2D eigenvalue weighted by Gasteiger charge is 2.02. The van der Waals surface area contributed by atoms with Gasteiger partial charge in [-0.15, -0.1) is 0 Å². The van der Waals surface area contributed by atoms with Crippen LogP contribution in [0.2, 0.25) is 0 Å². The Morgan fingerprint density at radius 3 is 2.55 bits per heavy atom. The second-order valence-corrected chi connectivity index (χ2v) is 6.39. The van der Waals surface area contributed by atoms with Crippen LogP contribution in [0.15, 0.2) is 11.6 Å². The minimum absolute atomic E-state index is 0.279. The van der Waals surface area contributed by atoms with E-state index in [0.29, 0.717) is 0 Å². The highest BCUT2D eigenvalue weighted by molar-refractivity contribution is 7.85. The molecule has 20 heavy (non-hydrogen) atoms. The molecule has 0 aliphatic rings. The number of hydrogen-bond donors (Lipinski definition) is 1. The molecular weight excluding hydrogens is 284 g/mol. The summed E-state index contributed by atoms with van der Waals surface area (Å²) >= 11 is 0. The van der Waals surface area contributed by atoms with Crippen molar-refractivity contribution in [1.82, 2.24) is 0 Å². The van der Waals surface area contributed by atoms with Gasteiger partial charge in [0.1, 0.15) is 6.61 Å². The lowest BCUT2D eigenvalue weighted by Crippen LogP contribution is -2.13. The van der Waals surface area contributed by atoms with Gasteiger partial charge in [0.25, 0.3) is 0 Å². The summed E-state index contributed by atoms with van der Waals surface area (Å²) in [5.41, 5.74) is 0.844.